The Labute approximate surface area is 185 Å². The average Bonchev–Trinajstić information content (AvgIpc) is 3.26. The van der Waals surface area contributed by atoms with Crippen molar-refractivity contribution < 1.29 is 9.90 Å². The van der Waals surface area contributed by atoms with E-state index >= 15 is 0 Å². The van der Waals surface area contributed by atoms with E-state index in [1.54, 1.807) is 4.90 Å². The van der Waals surface area contributed by atoms with Gasteiger partial charge in [0, 0.05) is 26.2 Å². The molecule has 4 rings (SSSR count). The van der Waals surface area contributed by atoms with Crippen LogP contribution in [0.1, 0.15) is 18.4 Å². The molecule has 1 aromatic rings. The maximum Gasteiger partial charge on any atom is 0.249 e. The Morgan fingerprint density at radius 1 is 1.30 bits per heavy atom. The normalized spacial score (nSPS) is 25.1. The molecule has 3 heterocycles. The predicted molar refractivity (Wildman–Crippen MR) is 123 cm³/mol. The van der Waals surface area contributed by atoms with Crippen LogP contribution in [-0.2, 0) is 10.4 Å². The number of piperidine rings is 1. The second kappa shape index (κ2) is 8.73. The van der Waals surface area contributed by atoms with Gasteiger partial charge in [-0.3, -0.25) is 9.79 Å². The Hall–Kier alpha value is -0.750. The lowest BCUT2D eigenvalue weighted by atomic mass is 9.84. The average molecular weight is 518 g/mol. The van der Waals surface area contributed by atoms with Gasteiger partial charge in [-0.25, -0.2) is 4.90 Å². The maximum atomic E-state index is 12.7. The molecule has 0 aromatic heterocycles. The third kappa shape index (κ3) is 4.31. The number of aliphatic hydroxyl groups is 1. The zero-order chi connectivity index (χ0) is 18.1. The number of halogens is 1. The molecule has 1 unspecified atom stereocenters. The van der Waals surface area contributed by atoms with Crippen molar-refractivity contribution in [2.24, 2.45) is 4.99 Å². The molecular weight excluding hydrogens is 495 g/mol. The lowest BCUT2D eigenvalue weighted by Crippen LogP contribution is -2.47. The van der Waals surface area contributed by atoms with Gasteiger partial charge < -0.3 is 15.3 Å². The molecule has 3 aliphatic heterocycles. The van der Waals surface area contributed by atoms with Crippen LogP contribution in [0.4, 0.5) is 0 Å². The first-order valence-corrected chi connectivity index (χ1v) is 10.2. The summed E-state index contributed by atoms with van der Waals surface area (Å²) in [5.41, 5.74) is 0.206. The summed E-state index contributed by atoms with van der Waals surface area (Å²) < 4.78 is 0.575. The van der Waals surface area contributed by atoms with E-state index in [0.717, 1.165) is 25.2 Å². The number of aliphatic imine (C=N–C) groups is 1. The number of guanidine groups is 1. The third-order valence-electron chi connectivity index (χ3n) is 5.21. The summed E-state index contributed by atoms with van der Waals surface area (Å²) in [7, 11) is 0. The van der Waals surface area contributed by atoms with E-state index < -0.39 is 5.60 Å². The van der Waals surface area contributed by atoms with Gasteiger partial charge in [0.15, 0.2) is 4.32 Å². The number of likely N-dealkylation sites (tertiary alicyclic amines) is 1. The molecule has 0 radical (unpaired) electrons. The van der Waals surface area contributed by atoms with Crippen LogP contribution in [0, 0.1) is 0 Å². The van der Waals surface area contributed by atoms with Crippen LogP contribution < -0.4 is 5.32 Å². The number of benzene rings is 1. The molecule has 0 bridgehead atoms. The number of nitrogens with one attached hydrogen (secondary N) is 1. The smallest absolute Gasteiger partial charge is 0.249 e. The van der Waals surface area contributed by atoms with Crippen molar-refractivity contribution in [1.82, 2.24) is 15.1 Å². The van der Waals surface area contributed by atoms with Crippen molar-refractivity contribution in [3.05, 3.63) is 35.9 Å². The van der Waals surface area contributed by atoms with Crippen LogP contribution in [0.3, 0.4) is 0 Å². The van der Waals surface area contributed by atoms with Gasteiger partial charge in [0.2, 0.25) is 11.9 Å². The van der Waals surface area contributed by atoms with E-state index in [-0.39, 0.29) is 35.1 Å². The molecule has 1 amide bonds. The number of hydrogen-bond donors (Lipinski definition) is 2. The first kappa shape index (κ1) is 21.0. The monoisotopic (exact) mass is 518 g/mol. The number of rotatable bonds is 3. The van der Waals surface area contributed by atoms with E-state index in [1.165, 1.54) is 11.8 Å². The fourth-order valence-electron chi connectivity index (χ4n) is 3.68. The van der Waals surface area contributed by atoms with Crippen LogP contribution in [0.25, 0.3) is 0 Å². The molecule has 6 nitrogen and oxygen atoms in total. The molecule has 3 aliphatic rings. The highest BCUT2D eigenvalue weighted by Gasteiger charge is 2.42. The minimum absolute atomic E-state index is 0. The SMILES string of the molecule is I.O=C1C(CN2CCC(O)(c3ccccc3)CC2)SC(=S)N1C1=NCCN1. The van der Waals surface area contributed by atoms with E-state index in [2.05, 4.69) is 15.2 Å². The molecule has 1 atom stereocenters. The summed E-state index contributed by atoms with van der Waals surface area (Å²) in [5, 5.41) is 13.9. The highest BCUT2D eigenvalue weighted by Crippen LogP contribution is 2.34. The molecular formula is C18H23IN4O2S2. The zero-order valence-electron chi connectivity index (χ0n) is 14.8. The van der Waals surface area contributed by atoms with Crippen molar-refractivity contribution in [3.63, 3.8) is 0 Å². The molecule has 0 aliphatic carbocycles. The maximum absolute atomic E-state index is 12.7. The zero-order valence-corrected chi connectivity index (χ0v) is 18.8. The van der Waals surface area contributed by atoms with Gasteiger partial charge in [0.05, 0.1) is 12.1 Å². The van der Waals surface area contributed by atoms with Crippen LogP contribution in [0.2, 0.25) is 0 Å². The van der Waals surface area contributed by atoms with Crippen molar-refractivity contribution >= 4 is 64.1 Å². The lowest BCUT2D eigenvalue weighted by Gasteiger charge is -2.39. The van der Waals surface area contributed by atoms with E-state index in [9.17, 15) is 9.90 Å². The molecule has 146 valence electrons. The summed E-state index contributed by atoms with van der Waals surface area (Å²) in [6, 6.07) is 9.85. The van der Waals surface area contributed by atoms with Gasteiger partial charge in [-0.05, 0) is 18.4 Å². The Kier molecular flexibility index (Phi) is 6.78. The number of carbonyl (C=O) groups is 1. The largest absolute Gasteiger partial charge is 0.385 e. The molecule has 2 N–H and O–H groups in total. The van der Waals surface area contributed by atoms with Crippen LogP contribution in [0.15, 0.2) is 35.3 Å². The lowest BCUT2D eigenvalue weighted by molar-refractivity contribution is -0.124. The summed E-state index contributed by atoms with van der Waals surface area (Å²) in [5.74, 6) is 0.601. The predicted octanol–water partition coefficient (Wildman–Crippen LogP) is 1.78. The second-order valence-electron chi connectivity index (χ2n) is 6.88. The molecule has 2 fully saturated rings. The van der Waals surface area contributed by atoms with Crippen LogP contribution >= 0.6 is 48.0 Å². The van der Waals surface area contributed by atoms with Gasteiger partial charge in [-0.15, -0.1) is 24.0 Å². The van der Waals surface area contributed by atoms with Gasteiger partial charge in [0.1, 0.15) is 5.25 Å². The summed E-state index contributed by atoms with van der Waals surface area (Å²) in [4.78, 5) is 20.9. The minimum atomic E-state index is -0.769. The van der Waals surface area contributed by atoms with Gasteiger partial charge in [0.25, 0.3) is 0 Å². The molecule has 27 heavy (non-hydrogen) atoms. The first-order chi connectivity index (χ1) is 12.6. The van der Waals surface area contributed by atoms with Crippen molar-refractivity contribution in [1.29, 1.82) is 0 Å². The van der Waals surface area contributed by atoms with Gasteiger partial charge in [-0.2, -0.15) is 0 Å². The summed E-state index contributed by atoms with van der Waals surface area (Å²) in [6.07, 6.45) is 1.34. The number of carbonyl (C=O) groups excluding carboxylic acids is 1. The minimum Gasteiger partial charge on any atom is -0.385 e. The highest BCUT2D eigenvalue weighted by molar-refractivity contribution is 14.0. The van der Waals surface area contributed by atoms with E-state index in [4.69, 9.17) is 12.2 Å². The van der Waals surface area contributed by atoms with Gasteiger partial charge in [-0.1, -0.05) is 54.3 Å². The molecule has 9 heteroatoms. The Balaban J connectivity index is 0.00000210. The van der Waals surface area contributed by atoms with Crippen LogP contribution in [0.5, 0.6) is 0 Å². The number of nitrogens with zero attached hydrogens (tertiary/aromatic N) is 3. The highest BCUT2D eigenvalue weighted by atomic mass is 127. The number of thiocarbonyl (C=S) groups is 1. The van der Waals surface area contributed by atoms with Crippen molar-refractivity contribution in [2.75, 3.05) is 32.7 Å². The number of amides is 1. The van der Waals surface area contributed by atoms with Crippen molar-refractivity contribution in [2.45, 2.75) is 23.7 Å². The molecule has 0 spiro atoms. The Bertz CT molecular complexity index is 738. The summed E-state index contributed by atoms with van der Waals surface area (Å²) >= 11 is 6.83. The fourth-order valence-corrected chi connectivity index (χ4v) is 5.22. The molecule has 0 saturated carbocycles. The molecule has 1 aromatic carbocycles. The van der Waals surface area contributed by atoms with Crippen molar-refractivity contribution in [3.8, 4) is 0 Å². The second-order valence-corrected chi connectivity index (χ2v) is 8.71. The number of hydrogen-bond acceptors (Lipinski definition) is 7. The quantitative estimate of drug-likeness (QED) is 0.470. The Morgan fingerprint density at radius 2 is 2.00 bits per heavy atom. The summed E-state index contributed by atoms with van der Waals surface area (Å²) in [6.45, 7) is 3.62. The van der Waals surface area contributed by atoms with Gasteiger partial charge >= 0.3 is 0 Å². The van der Waals surface area contributed by atoms with E-state index in [0.29, 0.717) is 36.2 Å². The van der Waals surface area contributed by atoms with Crippen LogP contribution in [-0.4, -0.2) is 69.1 Å². The number of thioether (sulfide) groups is 1. The molecule has 2 saturated heterocycles. The Morgan fingerprint density at radius 3 is 2.63 bits per heavy atom. The standard InChI is InChI=1S/C18H22N4O2S2.HI/c23-15-14(26-17(25)22(15)16-19-8-9-20-16)12-21-10-6-18(24,7-11-21)13-4-2-1-3-5-13;/h1-5,14,24H,6-12H2,(H,19,20);1H. The topological polar surface area (TPSA) is 68.2 Å². The van der Waals surface area contributed by atoms with E-state index in [1.807, 2.05) is 30.3 Å². The first-order valence-electron chi connectivity index (χ1n) is 8.90. The third-order valence-corrected chi connectivity index (χ3v) is 6.70. The fraction of sp³-hybridized carbons (Fsp3) is 0.500.